The van der Waals surface area contributed by atoms with E-state index < -0.39 is 0 Å². The number of ketones is 2. The molecule has 0 heterocycles. The summed E-state index contributed by atoms with van der Waals surface area (Å²) in [6, 6.07) is 27.3. The molecule has 2 aliphatic rings. The summed E-state index contributed by atoms with van der Waals surface area (Å²) < 4.78 is 11.4. The molecule has 4 aromatic carbocycles. The second-order valence-electron chi connectivity index (χ2n) is 9.80. The molecule has 6 heteroatoms. The van der Waals surface area contributed by atoms with Gasteiger partial charge in [0.1, 0.15) is 11.5 Å². The first-order chi connectivity index (χ1) is 20.6. The van der Waals surface area contributed by atoms with Crippen molar-refractivity contribution in [3.05, 3.63) is 132 Å². The van der Waals surface area contributed by atoms with Gasteiger partial charge in [0, 0.05) is 23.5 Å². The standard InChI is InChI=1S/C36H28N2O4/c1-41-35-19-25(11-15-31(35)37-21-29-27-9-5-3-7-23(27)13-17-33(29)39)26-12-16-32(36(20-26)42-2)38-22-30-28-10-6-4-8-24(28)14-18-34(30)40/h3-22,37-38H,1-2H3. The molecule has 0 radical (unpaired) electrons. The minimum Gasteiger partial charge on any atom is -0.495 e. The Morgan fingerprint density at radius 1 is 0.548 bits per heavy atom. The minimum atomic E-state index is -0.0539. The molecule has 206 valence electrons. The Morgan fingerprint density at radius 2 is 0.976 bits per heavy atom. The lowest BCUT2D eigenvalue weighted by molar-refractivity contribution is -0.110. The number of hydrogen-bond acceptors (Lipinski definition) is 6. The van der Waals surface area contributed by atoms with Crippen LogP contribution in [0.3, 0.4) is 0 Å². The highest BCUT2D eigenvalue weighted by Gasteiger charge is 2.18. The lowest BCUT2D eigenvalue weighted by Gasteiger charge is -2.16. The molecule has 0 spiro atoms. The average molecular weight is 553 g/mol. The molecule has 0 unspecified atom stereocenters. The summed E-state index contributed by atoms with van der Waals surface area (Å²) >= 11 is 0. The van der Waals surface area contributed by atoms with Crippen LogP contribution in [0.1, 0.15) is 22.3 Å². The van der Waals surface area contributed by atoms with Crippen LogP contribution in [-0.4, -0.2) is 25.8 Å². The van der Waals surface area contributed by atoms with Crippen molar-refractivity contribution in [1.82, 2.24) is 0 Å². The fraction of sp³-hybridized carbons (Fsp3) is 0.0556. The molecule has 4 aromatic rings. The van der Waals surface area contributed by atoms with Gasteiger partial charge in [0.25, 0.3) is 0 Å². The van der Waals surface area contributed by atoms with Crippen LogP contribution in [0.2, 0.25) is 0 Å². The van der Waals surface area contributed by atoms with Crippen molar-refractivity contribution in [2.45, 2.75) is 0 Å². The summed E-state index contributed by atoms with van der Waals surface area (Å²) in [5.41, 5.74) is 8.29. The Labute approximate surface area is 244 Å². The highest BCUT2D eigenvalue weighted by Crippen LogP contribution is 2.36. The zero-order valence-corrected chi connectivity index (χ0v) is 23.2. The van der Waals surface area contributed by atoms with Gasteiger partial charge in [0.2, 0.25) is 0 Å². The molecular weight excluding hydrogens is 524 g/mol. The van der Waals surface area contributed by atoms with Gasteiger partial charge in [-0.15, -0.1) is 0 Å². The van der Waals surface area contributed by atoms with Gasteiger partial charge in [0.15, 0.2) is 11.6 Å². The first-order valence-corrected chi connectivity index (χ1v) is 13.5. The quantitative estimate of drug-likeness (QED) is 0.232. The smallest absolute Gasteiger partial charge is 0.187 e. The molecule has 0 bridgehead atoms. The monoisotopic (exact) mass is 552 g/mol. The lowest BCUT2D eigenvalue weighted by Crippen LogP contribution is -2.07. The first-order valence-electron chi connectivity index (χ1n) is 13.5. The van der Waals surface area contributed by atoms with Gasteiger partial charge < -0.3 is 20.1 Å². The number of carbonyl (C=O) groups is 2. The normalized spacial score (nSPS) is 15.4. The SMILES string of the molecule is COc1cc(-c2ccc(NC=C3C(=O)C=Cc4ccccc43)c(OC)c2)ccc1NC=C1C(=O)C=Cc2ccccc21. The number of ether oxygens (including phenoxy) is 2. The maximum absolute atomic E-state index is 12.6. The van der Waals surface area contributed by atoms with Crippen LogP contribution in [0, 0.1) is 0 Å². The predicted molar refractivity (Wildman–Crippen MR) is 169 cm³/mol. The summed E-state index contributed by atoms with van der Waals surface area (Å²) in [6.07, 6.45) is 10.3. The van der Waals surface area contributed by atoms with Gasteiger partial charge in [-0.1, -0.05) is 72.8 Å². The van der Waals surface area contributed by atoms with Crippen molar-refractivity contribution in [3.8, 4) is 22.6 Å². The summed E-state index contributed by atoms with van der Waals surface area (Å²) in [6.45, 7) is 0. The minimum absolute atomic E-state index is 0.0539. The number of fused-ring (bicyclic) bond motifs is 2. The van der Waals surface area contributed by atoms with Crippen molar-refractivity contribution < 1.29 is 19.1 Å². The van der Waals surface area contributed by atoms with E-state index in [0.717, 1.165) is 44.8 Å². The third kappa shape index (κ3) is 5.13. The number of hydrogen-bond donors (Lipinski definition) is 2. The van der Waals surface area contributed by atoms with Crippen LogP contribution < -0.4 is 20.1 Å². The van der Waals surface area contributed by atoms with Gasteiger partial charge in [-0.25, -0.2) is 0 Å². The number of methoxy groups -OCH3 is 2. The molecule has 6 nitrogen and oxygen atoms in total. The molecule has 0 aliphatic heterocycles. The Bertz CT molecular complexity index is 1710. The van der Waals surface area contributed by atoms with Gasteiger partial charge in [0.05, 0.1) is 25.6 Å². The molecule has 0 amide bonds. The highest BCUT2D eigenvalue weighted by molar-refractivity contribution is 6.30. The van der Waals surface area contributed by atoms with Gasteiger partial charge in [-0.2, -0.15) is 0 Å². The van der Waals surface area contributed by atoms with Crippen molar-refractivity contribution >= 4 is 46.2 Å². The molecule has 0 atom stereocenters. The summed E-state index contributed by atoms with van der Waals surface area (Å²) in [5.74, 6) is 1.15. The van der Waals surface area contributed by atoms with E-state index in [4.69, 9.17) is 9.47 Å². The largest absolute Gasteiger partial charge is 0.495 e. The van der Waals surface area contributed by atoms with Gasteiger partial charge in [-0.3, -0.25) is 9.59 Å². The van der Waals surface area contributed by atoms with Crippen molar-refractivity contribution in [1.29, 1.82) is 0 Å². The maximum atomic E-state index is 12.6. The van der Waals surface area contributed by atoms with Crippen LogP contribution in [0.25, 0.3) is 34.4 Å². The number of nitrogens with one attached hydrogen (secondary N) is 2. The fourth-order valence-electron chi connectivity index (χ4n) is 5.13. The van der Waals surface area contributed by atoms with E-state index in [2.05, 4.69) is 10.6 Å². The molecule has 0 saturated carbocycles. The summed E-state index contributed by atoms with van der Waals surface area (Å²) in [7, 11) is 3.23. The van der Waals surface area contributed by atoms with Crippen LogP contribution in [0.15, 0.2) is 109 Å². The van der Waals surface area contributed by atoms with E-state index in [0.29, 0.717) is 22.6 Å². The molecular formula is C36H28N2O4. The molecule has 2 N–H and O–H groups in total. The number of carbonyl (C=O) groups excluding carboxylic acids is 2. The molecule has 2 aliphatic carbocycles. The molecule has 6 rings (SSSR count). The summed E-state index contributed by atoms with van der Waals surface area (Å²) in [4.78, 5) is 25.2. The van der Waals surface area contributed by atoms with E-state index in [1.165, 1.54) is 0 Å². The molecule has 0 saturated heterocycles. The van der Waals surface area contributed by atoms with E-state index in [-0.39, 0.29) is 11.6 Å². The van der Waals surface area contributed by atoms with Crippen LogP contribution >= 0.6 is 0 Å². The predicted octanol–water partition coefficient (Wildman–Crippen LogP) is 7.47. The molecule has 42 heavy (non-hydrogen) atoms. The van der Waals surface area contributed by atoms with Crippen LogP contribution in [0.5, 0.6) is 11.5 Å². The maximum Gasteiger partial charge on any atom is 0.187 e. The number of rotatable bonds is 7. The van der Waals surface area contributed by atoms with Crippen molar-refractivity contribution in [2.75, 3.05) is 24.9 Å². The van der Waals surface area contributed by atoms with Crippen molar-refractivity contribution in [2.24, 2.45) is 0 Å². The van der Waals surface area contributed by atoms with E-state index >= 15 is 0 Å². The zero-order valence-electron chi connectivity index (χ0n) is 23.2. The Balaban J connectivity index is 1.25. The Morgan fingerprint density at radius 3 is 1.40 bits per heavy atom. The van der Waals surface area contributed by atoms with Crippen LogP contribution in [-0.2, 0) is 9.59 Å². The van der Waals surface area contributed by atoms with E-state index in [9.17, 15) is 9.59 Å². The second kappa shape index (κ2) is 11.5. The van der Waals surface area contributed by atoms with E-state index in [1.54, 1.807) is 38.8 Å². The topological polar surface area (TPSA) is 76.7 Å². The molecule has 0 fully saturated rings. The lowest BCUT2D eigenvalue weighted by atomic mass is 9.92. The van der Waals surface area contributed by atoms with Crippen LogP contribution in [0.4, 0.5) is 11.4 Å². The number of allylic oxidation sites excluding steroid dienone is 4. The van der Waals surface area contributed by atoms with Gasteiger partial charge >= 0.3 is 0 Å². The first kappa shape index (κ1) is 26.6. The average Bonchev–Trinajstić information content (AvgIpc) is 3.03. The zero-order chi connectivity index (χ0) is 29.1. The second-order valence-corrected chi connectivity index (χ2v) is 9.80. The number of anilines is 2. The fourth-order valence-corrected chi connectivity index (χ4v) is 5.13. The number of benzene rings is 4. The van der Waals surface area contributed by atoms with E-state index in [1.807, 2.05) is 97.1 Å². The van der Waals surface area contributed by atoms with Gasteiger partial charge in [-0.05, 0) is 69.8 Å². The third-order valence-corrected chi connectivity index (χ3v) is 7.34. The highest BCUT2D eigenvalue weighted by atomic mass is 16.5. The third-order valence-electron chi connectivity index (χ3n) is 7.34. The Hall–Kier alpha value is -5.62. The molecule has 0 aromatic heterocycles. The van der Waals surface area contributed by atoms with Crippen molar-refractivity contribution in [3.63, 3.8) is 0 Å². The summed E-state index contributed by atoms with van der Waals surface area (Å²) in [5, 5.41) is 6.52. The Kier molecular flexibility index (Phi) is 7.26.